The Kier molecular flexibility index (Phi) is 4.55. The van der Waals surface area contributed by atoms with Crippen molar-refractivity contribution < 1.29 is 14.6 Å². The second-order valence-corrected chi connectivity index (χ2v) is 6.22. The van der Waals surface area contributed by atoms with Gasteiger partial charge < -0.3 is 15.2 Å². The van der Waals surface area contributed by atoms with E-state index in [1.165, 1.54) is 0 Å². The van der Waals surface area contributed by atoms with Crippen LogP contribution in [-0.4, -0.2) is 44.0 Å². The van der Waals surface area contributed by atoms with Crippen LogP contribution in [0, 0.1) is 0 Å². The van der Waals surface area contributed by atoms with Crippen LogP contribution >= 0.6 is 0 Å². The largest absolute Gasteiger partial charge is 0.458 e. The molecule has 1 aliphatic carbocycles. The number of anilines is 2. The van der Waals surface area contributed by atoms with Gasteiger partial charge in [-0.15, -0.1) is 0 Å². The third-order valence-electron chi connectivity index (χ3n) is 4.43. The first-order chi connectivity index (χ1) is 13.2. The maximum atomic E-state index is 12.3. The third kappa shape index (κ3) is 3.26. The molecule has 0 bridgehead atoms. The second-order valence-electron chi connectivity index (χ2n) is 6.22. The Balaban J connectivity index is 1.71. The van der Waals surface area contributed by atoms with Crippen LogP contribution in [0.4, 0.5) is 11.6 Å². The summed E-state index contributed by atoms with van der Waals surface area (Å²) in [5.41, 5.74) is 4.57. The molecule has 0 aliphatic heterocycles. The van der Waals surface area contributed by atoms with Crippen molar-refractivity contribution in [2.75, 3.05) is 18.5 Å². The quantitative estimate of drug-likeness (QED) is 0.666. The molecule has 0 radical (unpaired) electrons. The number of nitrogens with zero attached hydrogens (tertiary/aromatic N) is 4. The number of nitrogens with one attached hydrogen (secondary N) is 1. The molecular weight excluding hydrogens is 346 g/mol. The Morgan fingerprint density at radius 2 is 2.11 bits per heavy atom. The lowest BCUT2D eigenvalue weighted by Crippen LogP contribution is -2.14. The van der Waals surface area contributed by atoms with Crippen LogP contribution in [0.5, 0.6) is 0 Å². The zero-order valence-corrected chi connectivity index (χ0v) is 14.8. The first-order valence-corrected chi connectivity index (χ1v) is 8.69. The minimum atomic E-state index is -0.527. The molecule has 8 nitrogen and oxygen atoms in total. The van der Waals surface area contributed by atoms with Gasteiger partial charge in [0.05, 0.1) is 18.0 Å². The maximum Gasteiger partial charge on any atom is 0.359 e. The first-order valence-electron chi connectivity index (χ1n) is 8.69. The lowest BCUT2D eigenvalue weighted by molar-refractivity contribution is 0.0425. The summed E-state index contributed by atoms with van der Waals surface area (Å²) in [6.45, 7) is -0.264. The van der Waals surface area contributed by atoms with Crippen molar-refractivity contribution in [2.45, 2.75) is 12.8 Å². The Hall–Kier alpha value is -3.26. The van der Waals surface area contributed by atoms with Gasteiger partial charge in [-0.05, 0) is 30.5 Å². The van der Waals surface area contributed by atoms with Gasteiger partial charge in [-0.1, -0.05) is 18.2 Å². The molecule has 8 heteroatoms. The molecule has 4 rings (SSSR count). The van der Waals surface area contributed by atoms with Crippen LogP contribution in [-0.2, 0) is 24.6 Å². The van der Waals surface area contributed by atoms with Crippen molar-refractivity contribution in [1.29, 1.82) is 0 Å². The van der Waals surface area contributed by atoms with Gasteiger partial charge in [-0.25, -0.2) is 14.8 Å². The van der Waals surface area contributed by atoms with Crippen LogP contribution in [0.1, 0.15) is 21.6 Å². The number of para-hydroxylation sites is 1. The molecule has 1 aliphatic rings. The predicted molar refractivity (Wildman–Crippen MR) is 98.7 cm³/mol. The van der Waals surface area contributed by atoms with Crippen molar-refractivity contribution in [3.63, 3.8) is 0 Å². The topological polar surface area (TPSA) is 102 Å². The van der Waals surface area contributed by atoms with E-state index in [0.29, 0.717) is 12.4 Å². The van der Waals surface area contributed by atoms with Gasteiger partial charge in [0, 0.05) is 24.5 Å². The second kappa shape index (κ2) is 7.16. The Labute approximate surface area is 155 Å². The maximum absolute atomic E-state index is 12.3. The van der Waals surface area contributed by atoms with E-state index in [0.717, 1.165) is 34.6 Å². The lowest BCUT2D eigenvalue weighted by atomic mass is 9.93. The van der Waals surface area contributed by atoms with Crippen molar-refractivity contribution in [3.8, 4) is 11.4 Å². The van der Waals surface area contributed by atoms with E-state index in [1.54, 1.807) is 11.7 Å². The number of aliphatic hydroxyl groups excluding tert-OH is 1. The van der Waals surface area contributed by atoms with Crippen molar-refractivity contribution in [2.24, 2.45) is 7.05 Å². The molecule has 1 aromatic carbocycles. The molecule has 0 amide bonds. The Morgan fingerprint density at radius 1 is 1.30 bits per heavy atom. The summed E-state index contributed by atoms with van der Waals surface area (Å²) in [6.07, 6.45) is 3.20. The molecule has 3 aromatic rings. The number of carbonyl (C=O) groups is 1. The summed E-state index contributed by atoms with van der Waals surface area (Å²) >= 11 is 0. The summed E-state index contributed by atoms with van der Waals surface area (Å²) in [7, 11) is 1.78. The van der Waals surface area contributed by atoms with E-state index < -0.39 is 5.97 Å². The van der Waals surface area contributed by atoms with Crippen LogP contribution in [0.15, 0.2) is 36.5 Å². The number of aryl methyl sites for hydroxylation is 2. The highest BCUT2D eigenvalue weighted by molar-refractivity contribution is 5.91. The molecule has 138 valence electrons. The molecule has 0 unspecified atom stereocenters. The van der Waals surface area contributed by atoms with E-state index >= 15 is 0 Å². The molecule has 2 N–H and O–H groups in total. The van der Waals surface area contributed by atoms with Gasteiger partial charge in [-0.3, -0.25) is 4.68 Å². The normalized spacial score (nSPS) is 12.2. The van der Waals surface area contributed by atoms with Gasteiger partial charge in [-0.2, -0.15) is 5.10 Å². The summed E-state index contributed by atoms with van der Waals surface area (Å²) in [4.78, 5) is 21.3. The van der Waals surface area contributed by atoms with Gasteiger partial charge in [0.25, 0.3) is 0 Å². The van der Waals surface area contributed by atoms with E-state index in [4.69, 9.17) is 9.84 Å². The number of esters is 1. The molecule has 0 saturated heterocycles. The third-order valence-corrected chi connectivity index (χ3v) is 4.43. The first kappa shape index (κ1) is 17.2. The van der Waals surface area contributed by atoms with Crippen LogP contribution < -0.4 is 5.32 Å². The molecule has 2 heterocycles. The number of rotatable bonds is 5. The molecule has 0 saturated carbocycles. The van der Waals surface area contributed by atoms with E-state index in [-0.39, 0.29) is 18.9 Å². The van der Waals surface area contributed by atoms with E-state index in [2.05, 4.69) is 20.4 Å². The fraction of sp³-hybridized carbons (Fsp3) is 0.263. The summed E-state index contributed by atoms with van der Waals surface area (Å²) in [5.74, 6) is -0.0422. The molecule has 27 heavy (non-hydrogen) atoms. The van der Waals surface area contributed by atoms with Crippen molar-refractivity contribution in [3.05, 3.63) is 53.3 Å². The Bertz CT molecular complexity index is 985. The average Bonchev–Trinajstić information content (AvgIpc) is 3.04. The summed E-state index contributed by atoms with van der Waals surface area (Å²) < 4.78 is 6.69. The number of hydrogen-bond donors (Lipinski definition) is 2. The number of aromatic nitrogens is 4. The van der Waals surface area contributed by atoms with Gasteiger partial charge in [0.1, 0.15) is 6.61 Å². The highest BCUT2D eigenvalue weighted by Gasteiger charge is 2.29. The smallest absolute Gasteiger partial charge is 0.359 e. The number of fused-ring (bicyclic) bond motifs is 3. The zero-order valence-electron chi connectivity index (χ0n) is 14.8. The van der Waals surface area contributed by atoms with Crippen LogP contribution in [0.2, 0.25) is 0 Å². The van der Waals surface area contributed by atoms with E-state index in [1.807, 2.05) is 36.5 Å². The number of ether oxygens (including phenoxy) is 1. The van der Waals surface area contributed by atoms with Crippen molar-refractivity contribution >= 4 is 17.6 Å². The minimum absolute atomic E-state index is 0.0475. The molecule has 0 atom stereocenters. The fourth-order valence-corrected chi connectivity index (χ4v) is 3.24. The highest BCUT2D eigenvalue weighted by atomic mass is 16.5. The van der Waals surface area contributed by atoms with Gasteiger partial charge >= 0.3 is 5.97 Å². The minimum Gasteiger partial charge on any atom is -0.458 e. The highest BCUT2D eigenvalue weighted by Crippen LogP contribution is 2.34. The fourth-order valence-electron chi connectivity index (χ4n) is 3.24. The number of benzene rings is 1. The van der Waals surface area contributed by atoms with Crippen molar-refractivity contribution in [1.82, 2.24) is 19.7 Å². The summed E-state index contributed by atoms with van der Waals surface area (Å²) in [6, 6.07) is 9.69. The van der Waals surface area contributed by atoms with Gasteiger partial charge in [0.2, 0.25) is 5.95 Å². The van der Waals surface area contributed by atoms with Gasteiger partial charge in [0.15, 0.2) is 5.69 Å². The number of hydrogen-bond acceptors (Lipinski definition) is 7. The van der Waals surface area contributed by atoms with Crippen LogP contribution in [0.3, 0.4) is 0 Å². The lowest BCUT2D eigenvalue weighted by Gasteiger charge is -2.17. The predicted octanol–water partition coefficient (Wildman–Crippen LogP) is 1.87. The number of carbonyl (C=O) groups excluding carboxylic acids is 1. The summed E-state index contributed by atoms with van der Waals surface area (Å²) in [5, 5.41) is 16.4. The van der Waals surface area contributed by atoms with E-state index in [9.17, 15) is 4.79 Å². The molecule has 0 fully saturated rings. The monoisotopic (exact) mass is 365 g/mol. The molecule has 0 spiro atoms. The molecular formula is C19H19N5O3. The standard InChI is InChI=1S/C19H19N5O3/c1-24-17-14(16(23-24)18(26)27-10-9-25)8-7-12-11-20-19(22-15(12)17)21-13-5-3-2-4-6-13/h2-6,11,25H,7-10H2,1H3,(H,20,21,22). The Morgan fingerprint density at radius 3 is 2.89 bits per heavy atom. The average molecular weight is 365 g/mol. The van der Waals surface area contributed by atoms with Crippen LogP contribution in [0.25, 0.3) is 11.4 Å². The molecule has 2 aromatic heterocycles. The zero-order chi connectivity index (χ0) is 18.8. The number of aliphatic hydroxyl groups is 1. The SMILES string of the molecule is Cn1nc(C(=O)OCCO)c2c1-c1nc(Nc3ccccc3)ncc1CC2.